The molecule has 0 saturated heterocycles. The van der Waals surface area contributed by atoms with Crippen molar-refractivity contribution in [2.45, 2.75) is 33.3 Å². The van der Waals surface area contributed by atoms with Crippen molar-refractivity contribution in [3.05, 3.63) is 27.7 Å². The number of aliphatic hydroxyl groups is 1. The highest BCUT2D eigenvalue weighted by Crippen LogP contribution is 2.15. The molecule has 0 spiro atoms. The van der Waals surface area contributed by atoms with E-state index in [4.69, 9.17) is 5.11 Å². The molecule has 6 heteroatoms. The van der Waals surface area contributed by atoms with E-state index in [0.717, 1.165) is 0 Å². The summed E-state index contributed by atoms with van der Waals surface area (Å²) in [6, 6.07) is 0. The third-order valence-electron chi connectivity index (χ3n) is 2.38. The van der Waals surface area contributed by atoms with Crippen molar-refractivity contribution in [1.82, 2.24) is 19.6 Å². The molecule has 0 amide bonds. The molecule has 0 aromatic carbocycles. The molecule has 0 aliphatic heterocycles. The average Bonchev–Trinajstić information content (AvgIpc) is 2.56. The fourth-order valence-electron chi connectivity index (χ4n) is 1.69. The standard InChI is InChI=1S/C10H14N4O2/c1-5(2)9-12-7(4-15)8-10(16)11-6(3)13-14(8)9/h5,15H,4H2,1-3H3,(H,11,13,16). The van der Waals surface area contributed by atoms with Crippen molar-refractivity contribution in [3.63, 3.8) is 0 Å². The van der Waals surface area contributed by atoms with Gasteiger partial charge in [0.05, 0.1) is 12.3 Å². The van der Waals surface area contributed by atoms with E-state index < -0.39 is 0 Å². The lowest BCUT2D eigenvalue weighted by Crippen LogP contribution is -2.16. The number of fused-ring (bicyclic) bond motifs is 1. The first-order valence-corrected chi connectivity index (χ1v) is 5.14. The Hall–Kier alpha value is -1.69. The summed E-state index contributed by atoms with van der Waals surface area (Å²) in [7, 11) is 0. The summed E-state index contributed by atoms with van der Waals surface area (Å²) >= 11 is 0. The molecule has 0 aliphatic carbocycles. The molecule has 2 aromatic rings. The van der Waals surface area contributed by atoms with Gasteiger partial charge in [-0.05, 0) is 6.92 Å². The van der Waals surface area contributed by atoms with Crippen LogP contribution in [0.15, 0.2) is 4.79 Å². The van der Waals surface area contributed by atoms with E-state index in [1.165, 1.54) is 4.52 Å². The van der Waals surface area contributed by atoms with E-state index in [1.54, 1.807) is 6.92 Å². The fraction of sp³-hybridized carbons (Fsp3) is 0.500. The van der Waals surface area contributed by atoms with E-state index in [1.807, 2.05) is 13.8 Å². The van der Waals surface area contributed by atoms with Crippen LogP contribution in [-0.4, -0.2) is 24.7 Å². The maximum absolute atomic E-state index is 11.7. The molecule has 6 nitrogen and oxygen atoms in total. The van der Waals surface area contributed by atoms with E-state index in [0.29, 0.717) is 22.9 Å². The Morgan fingerprint density at radius 2 is 2.19 bits per heavy atom. The highest BCUT2D eigenvalue weighted by atomic mass is 16.3. The number of nitrogens with zero attached hydrogens (tertiary/aromatic N) is 3. The van der Waals surface area contributed by atoms with Crippen molar-refractivity contribution < 1.29 is 5.11 Å². The van der Waals surface area contributed by atoms with Gasteiger partial charge in [0.2, 0.25) is 0 Å². The number of H-pyrrole nitrogens is 1. The fourth-order valence-corrected chi connectivity index (χ4v) is 1.69. The minimum atomic E-state index is -0.268. The quantitative estimate of drug-likeness (QED) is 0.767. The second kappa shape index (κ2) is 3.71. The van der Waals surface area contributed by atoms with Gasteiger partial charge in [-0.15, -0.1) is 0 Å². The number of imidazole rings is 1. The largest absolute Gasteiger partial charge is 0.390 e. The molecule has 0 aliphatic rings. The van der Waals surface area contributed by atoms with Crippen LogP contribution >= 0.6 is 0 Å². The summed E-state index contributed by atoms with van der Waals surface area (Å²) in [5, 5.41) is 13.4. The van der Waals surface area contributed by atoms with Crippen LogP contribution < -0.4 is 5.56 Å². The molecule has 2 heterocycles. The molecule has 0 fully saturated rings. The van der Waals surface area contributed by atoms with Crippen LogP contribution in [0.4, 0.5) is 0 Å². The number of rotatable bonds is 2. The van der Waals surface area contributed by atoms with Crippen LogP contribution in [0.2, 0.25) is 0 Å². The van der Waals surface area contributed by atoms with Crippen molar-refractivity contribution in [1.29, 1.82) is 0 Å². The molecule has 0 saturated carbocycles. The van der Waals surface area contributed by atoms with Gasteiger partial charge in [-0.25, -0.2) is 9.50 Å². The Morgan fingerprint density at radius 1 is 1.50 bits per heavy atom. The zero-order valence-electron chi connectivity index (χ0n) is 9.48. The van der Waals surface area contributed by atoms with Crippen molar-refractivity contribution in [3.8, 4) is 0 Å². The predicted molar refractivity (Wildman–Crippen MR) is 58.4 cm³/mol. The number of aromatic amines is 1. The predicted octanol–water partition coefficient (Wildman–Crippen LogP) is 0.342. The molecule has 0 atom stereocenters. The van der Waals surface area contributed by atoms with Gasteiger partial charge in [-0.2, -0.15) is 5.10 Å². The van der Waals surface area contributed by atoms with Crippen LogP contribution in [0.3, 0.4) is 0 Å². The summed E-state index contributed by atoms with van der Waals surface area (Å²) in [5.74, 6) is 1.36. The molecule has 16 heavy (non-hydrogen) atoms. The summed E-state index contributed by atoms with van der Waals surface area (Å²) in [6.45, 7) is 5.38. The van der Waals surface area contributed by atoms with Crippen molar-refractivity contribution in [2.75, 3.05) is 0 Å². The smallest absolute Gasteiger partial charge is 0.277 e. The zero-order chi connectivity index (χ0) is 11.9. The van der Waals surface area contributed by atoms with Gasteiger partial charge in [0.1, 0.15) is 11.6 Å². The first-order valence-electron chi connectivity index (χ1n) is 5.14. The summed E-state index contributed by atoms with van der Waals surface area (Å²) < 4.78 is 1.52. The minimum Gasteiger partial charge on any atom is -0.390 e. The molecule has 0 bridgehead atoms. The van der Waals surface area contributed by atoms with Gasteiger partial charge in [-0.1, -0.05) is 13.8 Å². The molecule has 2 N–H and O–H groups in total. The highest BCUT2D eigenvalue weighted by Gasteiger charge is 2.17. The number of hydrogen-bond donors (Lipinski definition) is 2. The number of nitrogens with one attached hydrogen (secondary N) is 1. The van der Waals surface area contributed by atoms with E-state index in [9.17, 15) is 4.79 Å². The summed E-state index contributed by atoms with van der Waals surface area (Å²) in [4.78, 5) is 18.6. The van der Waals surface area contributed by atoms with Crippen LogP contribution in [0.5, 0.6) is 0 Å². The molecule has 86 valence electrons. The second-order valence-electron chi connectivity index (χ2n) is 4.03. The van der Waals surface area contributed by atoms with Gasteiger partial charge in [-0.3, -0.25) is 4.79 Å². The Labute approximate surface area is 92.0 Å². The highest BCUT2D eigenvalue weighted by molar-refractivity contribution is 5.50. The van der Waals surface area contributed by atoms with Gasteiger partial charge < -0.3 is 10.1 Å². The topological polar surface area (TPSA) is 83.3 Å². The first-order chi connectivity index (χ1) is 7.54. The maximum atomic E-state index is 11.7. The molecule has 2 rings (SSSR count). The van der Waals surface area contributed by atoms with Gasteiger partial charge in [0, 0.05) is 5.92 Å². The van der Waals surface area contributed by atoms with E-state index >= 15 is 0 Å². The van der Waals surface area contributed by atoms with Crippen LogP contribution in [0.1, 0.15) is 37.1 Å². The molecule has 0 radical (unpaired) electrons. The first kappa shape index (κ1) is 10.8. The third-order valence-corrected chi connectivity index (χ3v) is 2.38. The van der Waals surface area contributed by atoms with Gasteiger partial charge in [0.15, 0.2) is 5.52 Å². The number of aryl methyl sites for hydroxylation is 1. The normalized spacial score (nSPS) is 11.6. The summed E-state index contributed by atoms with van der Waals surface area (Å²) in [6.07, 6.45) is 0. The monoisotopic (exact) mass is 222 g/mol. The van der Waals surface area contributed by atoms with Gasteiger partial charge in [0.25, 0.3) is 5.56 Å². The lowest BCUT2D eigenvalue weighted by molar-refractivity contribution is 0.278. The molecular weight excluding hydrogens is 208 g/mol. The van der Waals surface area contributed by atoms with Crippen molar-refractivity contribution in [2.24, 2.45) is 0 Å². The molecular formula is C10H14N4O2. The minimum absolute atomic E-state index is 0.140. The SMILES string of the molecule is Cc1nn2c(C(C)C)nc(CO)c2c(=O)[nH]1. The number of hydrogen-bond acceptors (Lipinski definition) is 4. The zero-order valence-corrected chi connectivity index (χ0v) is 9.48. The Balaban J connectivity index is 2.90. The summed E-state index contributed by atoms with van der Waals surface area (Å²) in [5.41, 5.74) is 0.435. The Bertz CT molecular complexity index is 582. The third kappa shape index (κ3) is 1.51. The molecule has 0 unspecified atom stereocenters. The van der Waals surface area contributed by atoms with E-state index in [2.05, 4.69) is 15.1 Å². The van der Waals surface area contributed by atoms with Crippen LogP contribution in [-0.2, 0) is 6.61 Å². The van der Waals surface area contributed by atoms with Crippen molar-refractivity contribution >= 4 is 5.52 Å². The van der Waals surface area contributed by atoms with Crippen LogP contribution in [0.25, 0.3) is 5.52 Å². The van der Waals surface area contributed by atoms with E-state index in [-0.39, 0.29) is 18.1 Å². The number of aliphatic hydroxyl groups excluding tert-OH is 1. The number of aromatic nitrogens is 4. The second-order valence-corrected chi connectivity index (χ2v) is 4.03. The lowest BCUT2D eigenvalue weighted by atomic mass is 10.2. The molecule has 2 aromatic heterocycles. The lowest BCUT2D eigenvalue weighted by Gasteiger charge is -2.02. The maximum Gasteiger partial charge on any atom is 0.277 e. The Morgan fingerprint density at radius 3 is 2.75 bits per heavy atom. The average molecular weight is 222 g/mol. The van der Waals surface area contributed by atoms with Crippen LogP contribution in [0, 0.1) is 6.92 Å². The van der Waals surface area contributed by atoms with Gasteiger partial charge >= 0.3 is 0 Å². The Kier molecular flexibility index (Phi) is 2.51.